The minimum atomic E-state index is -0.998. The minimum Gasteiger partial charge on any atom is -0.481 e. The number of carbonyl (C=O) groups is 1. The zero-order valence-corrected chi connectivity index (χ0v) is 14.4. The third-order valence-electron chi connectivity index (χ3n) is 5.00. The first-order valence-corrected chi connectivity index (χ1v) is 8.53. The summed E-state index contributed by atoms with van der Waals surface area (Å²) in [6, 6.07) is 3.51. The highest BCUT2D eigenvalue weighted by Gasteiger charge is 2.42. The number of carboxylic acids is 1. The van der Waals surface area contributed by atoms with E-state index in [2.05, 4.69) is 11.1 Å². The molecule has 2 N–H and O–H groups in total. The molecule has 1 aromatic carbocycles. The van der Waals surface area contributed by atoms with Gasteiger partial charge in [0.1, 0.15) is 17.5 Å². The number of carboxylic acid groups (broad SMARTS) is 1. The van der Waals surface area contributed by atoms with Crippen LogP contribution in [0.25, 0.3) is 10.9 Å². The number of nitrogens with one attached hydrogen (secondary N) is 1. The van der Waals surface area contributed by atoms with Crippen molar-refractivity contribution < 1.29 is 19.0 Å². The van der Waals surface area contributed by atoms with Gasteiger partial charge in [0.15, 0.2) is 0 Å². The Hall–Kier alpha value is -2.39. The Morgan fingerprint density at radius 2 is 2.32 bits per heavy atom. The van der Waals surface area contributed by atoms with E-state index in [1.807, 2.05) is 6.92 Å². The Morgan fingerprint density at radius 1 is 1.56 bits per heavy atom. The number of H-pyrrole nitrogens is 1. The van der Waals surface area contributed by atoms with Gasteiger partial charge in [-0.3, -0.25) is 4.79 Å². The number of fused-ring (bicyclic) bond motifs is 3. The van der Waals surface area contributed by atoms with Crippen molar-refractivity contribution in [3.63, 3.8) is 0 Å². The zero-order chi connectivity index (χ0) is 18.2. The molecule has 3 rings (SSSR count). The first-order chi connectivity index (χ1) is 11.9. The number of aromatic nitrogens is 1. The highest BCUT2D eigenvalue weighted by molar-refractivity contribution is 5.92. The van der Waals surface area contributed by atoms with Crippen LogP contribution in [0.15, 0.2) is 6.07 Å². The molecule has 1 aliphatic rings. The Morgan fingerprint density at radius 3 is 2.96 bits per heavy atom. The van der Waals surface area contributed by atoms with E-state index in [9.17, 15) is 19.6 Å². The molecule has 1 unspecified atom stereocenters. The highest BCUT2D eigenvalue weighted by atomic mass is 19.1. The van der Waals surface area contributed by atoms with E-state index < -0.39 is 17.4 Å². The molecule has 1 aromatic heterocycles. The Labute approximate surface area is 145 Å². The van der Waals surface area contributed by atoms with Crippen LogP contribution >= 0.6 is 0 Å². The second kappa shape index (κ2) is 6.49. The standard InChI is InChI=1S/C19H21FN2O3/c1-3-4-6-19(9-15(23)24)18-12(5-7-25-19)16-13(10-21)11(2)8-14(20)17(16)22-18/h8,22H,3-7,9H2,1-2H3,(H,23,24). The third-order valence-corrected chi connectivity index (χ3v) is 5.00. The first kappa shape index (κ1) is 17.4. The van der Waals surface area contributed by atoms with E-state index in [1.54, 1.807) is 6.92 Å². The van der Waals surface area contributed by atoms with Crippen LogP contribution in [0.3, 0.4) is 0 Å². The summed E-state index contributed by atoms with van der Waals surface area (Å²) in [6.45, 7) is 4.10. The van der Waals surface area contributed by atoms with Crippen molar-refractivity contribution in [3.8, 4) is 6.07 Å². The van der Waals surface area contributed by atoms with E-state index in [0.29, 0.717) is 41.7 Å². The molecule has 132 valence electrons. The van der Waals surface area contributed by atoms with Gasteiger partial charge in [0.2, 0.25) is 0 Å². The van der Waals surface area contributed by atoms with Crippen molar-refractivity contribution in [1.29, 1.82) is 5.26 Å². The molecule has 0 spiro atoms. The number of nitriles is 1. The van der Waals surface area contributed by atoms with Crippen molar-refractivity contribution in [2.24, 2.45) is 0 Å². The van der Waals surface area contributed by atoms with Gasteiger partial charge in [-0.05, 0) is 37.0 Å². The Kier molecular flexibility index (Phi) is 4.53. The zero-order valence-electron chi connectivity index (χ0n) is 14.4. The van der Waals surface area contributed by atoms with Crippen LogP contribution in [-0.2, 0) is 21.6 Å². The lowest BCUT2D eigenvalue weighted by atomic mass is 9.83. The lowest BCUT2D eigenvalue weighted by molar-refractivity contribution is -0.149. The molecule has 0 saturated carbocycles. The molecule has 25 heavy (non-hydrogen) atoms. The molecule has 2 aromatic rings. The second-order valence-corrected chi connectivity index (χ2v) is 6.66. The summed E-state index contributed by atoms with van der Waals surface area (Å²) in [4.78, 5) is 14.6. The molecule has 0 bridgehead atoms. The molecule has 1 atom stereocenters. The van der Waals surface area contributed by atoms with Gasteiger partial charge in [-0.1, -0.05) is 19.8 Å². The maximum atomic E-state index is 14.5. The number of hydrogen-bond donors (Lipinski definition) is 2. The maximum absolute atomic E-state index is 14.5. The van der Waals surface area contributed by atoms with Crippen molar-refractivity contribution >= 4 is 16.9 Å². The molecule has 5 nitrogen and oxygen atoms in total. The molecule has 2 heterocycles. The molecule has 1 aliphatic heterocycles. The normalized spacial score (nSPS) is 19.6. The summed E-state index contributed by atoms with van der Waals surface area (Å²) in [5, 5.41) is 19.5. The molecule has 0 aliphatic carbocycles. The van der Waals surface area contributed by atoms with Crippen LogP contribution < -0.4 is 0 Å². The quantitative estimate of drug-likeness (QED) is 0.861. The number of rotatable bonds is 5. The van der Waals surface area contributed by atoms with E-state index in [-0.39, 0.29) is 11.9 Å². The summed E-state index contributed by atoms with van der Waals surface area (Å²) in [7, 11) is 0. The van der Waals surface area contributed by atoms with Gasteiger partial charge >= 0.3 is 5.97 Å². The molecule has 0 radical (unpaired) electrons. The van der Waals surface area contributed by atoms with Crippen LogP contribution in [0.1, 0.15) is 55.0 Å². The van der Waals surface area contributed by atoms with Crippen LogP contribution in [0.2, 0.25) is 0 Å². The summed E-state index contributed by atoms with van der Waals surface area (Å²) < 4.78 is 20.5. The van der Waals surface area contributed by atoms with Gasteiger partial charge in [0.05, 0.1) is 29.8 Å². The van der Waals surface area contributed by atoms with Gasteiger partial charge in [-0.2, -0.15) is 5.26 Å². The van der Waals surface area contributed by atoms with Gasteiger partial charge in [0, 0.05) is 5.39 Å². The minimum absolute atomic E-state index is 0.185. The number of aryl methyl sites for hydroxylation is 1. The lowest BCUT2D eigenvalue weighted by Crippen LogP contribution is -2.38. The Balaban J connectivity index is 2.30. The fourth-order valence-corrected chi connectivity index (χ4v) is 3.86. The van der Waals surface area contributed by atoms with E-state index in [4.69, 9.17) is 4.74 Å². The monoisotopic (exact) mass is 344 g/mol. The average Bonchev–Trinajstić information content (AvgIpc) is 2.95. The van der Waals surface area contributed by atoms with E-state index in [0.717, 1.165) is 18.4 Å². The number of nitrogens with zero attached hydrogens (tertiary/aromatic N) is 1. The van der Waals surface area contributed by atoms with Crippen LogP contribution in [0.5, 0.6) is 0 Å². The van der Waals surface area contributed by atoms with Crippen LogP contribution in [0.4, 0.5) is 4.39 Å². The number of unbranched alkanes of at least 4 members (excludes halogenated alkanes) is 1. The Bertz CT molecular complexity index is 881. The maximum Gasteiger partial charge on any atom is 0.306 e. The van der Waals surface area contributed by atoms with Crippen molar-refractivity contribution in [2.45, 2.75) is 51.6 Å². The van der Waals surface area contributed by atoms with Crippen molar-refractivity contribution in [3.05, 3.63) is 34.3 Å². The fraction of sp³-hybridized carbons (Fsp3) is 0.474. The lowest BCUT2D eigenvalue weighted by Gasteiger charge is -2.36. The predicted molar refractivity (Wildman–Crippen MR) is 90.8 cm³/mol. The van der Waals surface area contributed by atoms with E-state index in [1.165, 1.54) is 6.07 Å². The fourth-order valence-electron chi connectivity index (χ4n) is 3.86. The number of hydrogen-bond acceptors (Lipinski definition) is 3. The van der Waals surface area contributed by atoms with Gasteiger partial charge in [0.25, 0.3) is 0 Å². The topological polar surface area (TPSA) is 86.1 Å². The van der Waals surface area contributed by atoms with Gasteiger partial charge < -0.3 is 14.8 Å². The average molecular weight is 344 g/mol. The molecule has 0 fully saturated rings. The molecule has 6 heteroatoms. The third kappa shape index (κ3) is 2.79. The van der Waals surface area contributed by atoms with Gasteiger partial charge in [-0.25, -0.2) is 4.39 Å². The van der Waals surface area contributed by atoms with Gasteiger partial charge in [-0.15, -0.1) is 0 Å². The SMILES string of the molecule is CCCCC1(CC(=O)O)OCCc2c1[nH]c1c(F)cc(C)c(C#N)c21. The molecular formula is C19H21FN2O3. The van der Waals surface area contributed by atoms with Crippen LogP contribution in [0, 0.1) is 24.1 Å². The number of benzene rings is 1. The largest absolute Gasteiger partial charge is 0.481 e. The predicted octanol–water partition coefficient (Wildman–Crippen LogP) is 3.92. The smallest absolute Gasteiger partial charge is 0.306 e. The number of halogens is 1. The summed E-state index contributed by atoms with van der Waals surface area (Å²) in [6.07, 6.45) is 2.58. The van der Waals surface area contributed by atoms with E-state index >= 15 is 0 Å². The number of ether oxygens (including phenoxy) is 1. The molecule has 0 saturated heterocycles. The molecule has 0 amide bonds. The summed E-state index contributed by atoms with van der Waals surface area (Å²) in [5.74, 6) is -1.39. The number of aromatic amines is 1. The summed E-state index contributed by atoms with van der Waals surface area (Å²) >= 11 is 0. The second-order valence-electron chi connectivity index (χ2n) is 6.66. The molecular weight excluding hydrogens is 323 g/mol. The first-order valence-electron chi connectivity index (χ1n) is 8.53. The van der Waals surface area contributed by atoms with Crippen LogP contribution in [-0.4, -0.2) is 22.7 Å². The van der Waals surface area contributed by atoms with Crippen molar-refractivity contribution in [1.82, 2.24) is 4.98 Å². The highest BCUT2D eigenvalue weighted by Crippen LogP contribution is 2.44. The summed E-state index contributed by atoms with van der Waals surface area (Å²) in [5.41, 5.74) is 1.72. The number of aliphatic carboxylic acids is 1. The van der Waals surface area contributed by atoms with Crippen molar-refractivity contribution in [2.75, 3.05) is 6.61 Å².